The first-order chi connectivity index (χ1) is 10.2. The quantitative estimate of drug-likeness (QED) is 0.915. The molecule has 2 N–H and O–H groups in total. The van der Waals surface area contributed by atoms with E-state index in [-0.39, 0.29) is 5.54 Å². The zero-order chi connectivity index (χ0) is 14.7. The van der Waals surface area contributed by atoms with Crippen molar-refractivity contribution in [1.29, 1.82) is 0 Å². The number of rotatable bonds is 4. The molecule has 1 aromatic heterocycles. The van der Waals surface area contributed by atoms with Crippen molar-refractivity contribution in [3.8, 4) is 0 Å². The molecule has 2 fully saturated rings. The highest BCUT2D eigenvalue weighted by Crippen LogP contribution is 2.44. The summed E-state index contributed by atoms with van der Waals surface area (Å²) >= 11 is 0. The SMILES string of the molecule is Cn1nccc1CCC1(N)CCCCC1C1CCCCC1. The van der Waals surface area contributed by atoms with Gasteiger partial charge in [-0.05, 0) is 43.6 Å². The van der Waals surface area contributed by atoms with Crippen LogP contribution in [0.2, 0.25) is 0 Å². The Morgan fingerprint density at radius 2 is 1.95 bits per heavy atom. The van der Waals surface area contributed by atoms with Crippen LogP contribution in [0.25, 0.3) is 0 Å². The van der Waals surface area contributed by atoms with E-state index in [1.165, 1.54) is 63.5 Å². The summed E-state index contributed by atoms with van der Waals surface area (Å²) in [7, 11) is 2.04. The van der Waals surface area contributed by atoms with Gasteiger partial charge < -0.3 is 5.73 Å². The van der Waals surface area contributed by atoms with Gasteiger partial charge in [-0.15, -0.1) is 0 Å². The van der Waals surface area contributed by atoms with Crippen molar-refractivity contribution in [3.63, 3.8) is 0 Å². The van der Waals surface area contributed by atoms with Crippen LogP contribution >= 0.6 is 0 Å². The maximum absolute atomic E-state index is 6.97. The molecule has 2 atom stereocenters. The minimum atomic E-state index is 0.0739. The van der Waals surface area contributed by atoms with Gasteiger partial charge in [-0.2, -0.15) is 5.10 Å². The fourth-order valence-electron chi connectivity index (χ4n) is 4.85. The summed E-state index contributed by atoms with van der Waals surface area (Å²) in [5, 5.41) is 4.29. The van der Waals surface area contributed by atoms with Gasteiger partial charge in [-0.3, -0.25) is 4.68 Å². The molecule has 0 radical (unpaired) electrons. The number of aryl methyl sites for hydroxylation is 2. The summed E-state index contributed by atoms with van der Waals surface area (Å²) in [6, 6.07) is 2.14. The van der Waals surface area contributed by atoms with Gasteiger partial charge in [0.15, 0.2) is 0 Å². The molecule has 0 aliphatic heterocycles. The zero-order valence-corrected chi connectivity index (χ0v) is 13.6. The number of nitrogens with zero attached hydrogens (tertiary/aromatic N) is 2. The van der Waals surface area contributed by atoms with Crippen molar-refractivity contribution >= 4 is 0 Å². The van der Waals surface area contributed by atoms with Gasteiger partial charge in [0.05, 0.1) is 0 Å². The molecule has 0 spiro atoms. The molecule has 3 nitrogen and oxygen atoms in total. The molecule has 0 bridgehead atoms. The topological polar surface area (TPSA) is 43.8 Å². The lowest BCUT2D eigenvalue weighted by Gasteiger charge is -2.46. The molecule has 2 aliphatic carbocycles. The molecule has 1 heterocycles. The highest BCUT2D eigenvalue weighted by molar-refractivity contribution is 5.05. The van der Waals surface area contributed by atoms with E-state index < -0.39 is 0 Å². The van der Waals surface area contributed by atoms with Crippen LogP contribution in [-0.2, 0) is 13.5 Å². The molecule has 2 unspecified atom stereocenters. The summed E-state index contributed by atoms with van der Waals surface area (Å²) in [4.78, 5) is 0. The molecule has 2 aliphatic rings. The van der Waals surface area contributed by atoms with Crippen LogP contribution in [0.4, 0.5) is 0 Å². The summed E-state index contributed by atoms with van der Waals surface area (Å²) in [5.74, 6) is 1.66. The lowest BCUT2D eigenvalue weighted by molar-refractivity contribution is 0.0928. The number of hydrogen-bond acceptors (Lipinski definition) is 2. The maximum atomic E-state index is 6.97. The molecule has 0 saturated heterocycles. The number of nitrogens with two attached hydrogens (primary N) is 1. The molecular formula is C18H31N3. The molecular weight excluding hydrogens is 258 g/mol. The second kappa shape index (κ2) is 6.51. The average Bonchev–Trinajstić information content (AvgIpc) is 2.92. The van der Waals surface area contributed by atoms with Crippen LogP contribution in [0.5, 0.6) is 0 Å². The summed E-state index contributed by atoms with van der Waals surface area (Å²) in [6.45, 7) is 0. The third kappa shape index (κ3) is 3.33. The minimum absolute atomic E-state index is 0.0739. The predicted molar refractivity (Wildman–Crippen MR) is 87.0 cm³/mol. The minimum Gasteiger partial charge on any atom is -0.325 e. The van der Waals surface area contributed by atoms with Crippen LogP contribution in [0, 0.1) is 11.8 Å². The first-order valence-corrected chi connectivity index (χ1v) is 8.95. The molecule has 2 saturated carbocycles. The zero-order valence-electron chi connectivity index (χ0n) is 13.6. The van der Waals surface area contributed by atoms with Crippen molar-refractivity contribution in [2.45, 2.75) is 76.2 Å². The fourth-order valence-corrected chi connectivity index (χ4v) is 4.85. The highest BCUT2D eigenvalue weighted by Gasteiger charge is 2.41. The van der Waals surface area contributed by atoms with E-state index in [1.54, 1.807) is 0 Å². The van der Waals surface area contributed by atoms with Crippen molar-refractivity contribution in [1.82, 2.24) is 9.78 Å². The number of hydrogen-bond donors (Lipinski definition) is 1. The molecule has 0 amide bonds. The molecule has 3 heteroatoms. The second-order valence-corrected chi connectivity index (χ2v) is 7.43. The van der Waals surface area contributed by atoms with Gasteiger partial charge in [0.1, 0.15) is 0 Å². The fraction of sp³-hybridized carbons (Fsp3) is 0.833. The van der Waals surface area contributed by atoms with E-state index >= 15 is 0 Å². The summed E-state index contributed by atoms with van der Waals surface area (Å²) < 4.78 is 2.00. The van der Waals surface area contributed by atoms with Crippen LogP contribution in [-0.4, -0.2) is 15.3 Å². The first-order valence-electron chi connectivity index (χ1n) is 8.95. The Morgan fingerprint density at radius 1 is 1.19 bits per heavy atom. The normalized spacial score (nSPS) is 31.4. The third-order valence-corrected chi connectivity index (χ3v) is 6.13. The van der Waals surface area contributed by atoms with Crippen molar-refractivity contribution in [2.24, 2.45) is 24.6 Å². The Hall–Kier alpha value is -0.830. The second-order valence-electron chi connectivity index (χ2n) is 7.43. The van der Waals surface area contributed by atoms with E-state index in [0.29, 0.717) is 0 Å². The highest BCUT2D eigenvalue weighted by atomic mass is 15.2. The van der Waals surface area contributed by atoms with E-state index in [9.17, 15) is 0 Å². The lowest BCUT2D eigenvalue weighted by atomic mass is 9.62. The van der Waals surface area contributed by atoms with Gasteiger partial charge in [0, 0.05) is 24.5 Å². The van der Waals surface area contributed by atoms with Crippen molar-refractivity contribution < 1.29 is 0 Å². The third-order valence-electron chi connectivity index (χ3n) is 6.13. The summed E-state index contributed by atoms with van der Waals surface area (Å²) in [6.07, 6.45) is 16.6. The average molecular weight is 289 g/mol. The maximum Gasteiger partial charge on any atom is 0.0492 e. The Kier molecular flexibility index (Phi) is 4.68. The summed E-state index contributed by atoms with van der Waals surface area (Å²) in [5.41, 5.74) is 8.37. The standard InChI is InChI=1S/C18H31N3/c1-21-16(11-14-20-21)10-13-18(19)12-6-5-9-17(18)15-7-3-2-4-8-15/h11,14-15,17H,2-10,12-13,19H2,1H3. The molecule has 1 aromatic rings. The monoisotopic (exact) mass is 289 g/mol. The number of aromatic nitrogens is 2. The van der Waals surface area contributed by atoms with Gasteiger partial charge >= 0.3 is 0 Å². The molecule has 21 heavy (non-hydrogen) atoms. The van der Waals surface area contributed by atoms with E-state index in [1.807, 2.05) is 17.9 Å². The molecule has 118 valence electrons. The van der Waals surface area contributed by atoms with Gasteiger partial charge in [-0.25, -0.2) is 0 Å². The smallest absolute Gasteiger partial charge is 0.0492 e. The van der Waals surface area contributed by atoms with Crippen LogP contribution in [0.3, 0.4) is 0 Å². The van der Waals surface area contributed by atoms with Gasteiger partial charge in [-0.1, -0.05) is 44.9 Å². The Balaban J connectivity index is 1.67. The van der Waals surface area contributed by atoms with Crippen molar-refractivity contribution in [3.05, 3.63) is 18.0 Å². The van der Waals surface area contributed by atoms with Gasteiger partial charge in [0.2, 0.25) is 0 Å². The van der Waals surface area contributed by atoms with Crippen molar-refractivity contribution in [2.75, 3.05) is 0 Å². The van der Waals surface area contributed by atoms with E-state index in [2.05, 4.69) is 11.2 Å². The molecule has 3 rings (SSSR count). The molecule has 0 aromatic carbocycles. The van der Waals surface area contributed by atoms with E-state index in [0.717, 1.165) is 24.7 Å². The largest absolute Gasteiger partial charge is 0.325 e. The Labute approximate surface area is 129 Å². The van der Waals surface area contributed by atoms with Gasteiger partial charge in [0.25, 0.3) is 0 Å². The predicted octanol–water partition coefficient (Wildman–Crippen LogP) is 3.82. The first kappa shape index (κ1) is 15.1. The van der Waals surface area contributed by atoms with Crippen LogP contribution < -0.4 is 5.73 Å². The Bertz CT molecular complexity index is 447. The van der Waals surface area contributed by atoms with Crippen LogP contribution in [0.15, 0.2) is 12.3 Å². The van der Waals surface area contributed by atoms with Crippen LogP contribution in [0.1, 0.15) is 69.9 Å². The Morgan fingerprint density at radius 3 is 2.67 bits per heavy atom. The lowest BCUT2D eigenvalue weighted by Crippen LogP contribution is -2.52. The van der Waals surface area contributed by atoms with E-state index in [4.69, 9.17) is 5.73 Å².